The highest BCUT2D eigenvalue weighted by molar-refractivity contribution is 5.67. The van der Waals surface area contributed by atoms with Gasteiger partial charge in [0.2, 0.25) is 0 Å². The van der Waals surface area contributed by atoms with Gasteiger partial charge in [0.15, 0.2) is 0 Å². The largest absolute Gasteiger partial charge is 0.453 e. The second-order valence-electron chi connectivity index (χ2n) is 5.72. The zero-order valence-corrected chi connectivity index (χ0v) is 12.2. The molecule has 1 rings (SSSR count). The van der Waals surface area contributed by atoms with Gasteiger partial charge in [-0.05, 0) is 29.0 Å². The number of hydrogen-bond acceptors (Lipinski definition) is 2. The number of methoxy groups -OCH3 is 1. The number of benzene rings is 1. The number of ether oxygens (including phenoxy) is 1. The Kier molecular flexibility index (Phi) is 4.38. The monoisotopic (exact) mass is 249 g/mol. The number of amides is 1. The van der Waals surface area contributed by atoms with Crippen LogP contribution in [0.15, 0.2) is 18.2 Å². The van der Waals surface area contributed by atoms with Crippen LogP contribution >= 0.6 is 0 Å². The molecule has 3 heteroatoms. The lowest BCUT2D eigenvalue weighted by atomic mass is 9.85. The Hall–Kier alpha value is -1.51. The molecule has 0 aromatic heterocycles. The predicted octanol–water partition coefficient (Wildman–Crippen LogP) is 3.49. The number of carbonyl (C=O) groups excluding carboxylic acids is 1. The summed E-state index contributed by atoms with van der Waals surface area (Å²) in [7, 11) is 3.15. The minimum atomic E-state index is -0.310. The summed E-state index contributed by atoms with van der Waals surface area (Å²) >= 11 is 0. The van der Waals surface area contributed by atoms with Crippen LogP contribution in [0.25, 0.3) is 0 Å². The van der Waals surface area contributed by atoms with Gasteiger partial charge >= 0.3 is 6.09 Å². The van der Waals surface area contributed by atoms with Gasteiger partial charge in [-0.15, -0.1) is 0 Å². The van der Waals surface area contributed by atoms with Crippen LogP contribution in [0.2, 0.25) is 0 Å². The van der Waals surface area contributed by atoms with E-state index in [0.717, 1.165) is 5.56 Å². The van der Waals surface area contributed by atoms with Gasteiger partial charge in [-0.3, -0.25) is 0 Å². The molecule has 0 aliphatic heterocycles. The second kappa shape index (κ2) is 5.42. The number of nitrogens with zero attached hydrogens (tertiary/aromatic N) is 1. The summed E-state index contributed by atoms with van der Waals surface area (Å²) in [6.45, 7) is 9.19. The average molecular weight is 249 g/mol. The molecule has 0 heterocycles. The van der Waals surface area contributed by atoms with Crippen LogP contribution in [0.1, 0.15) is 37.5 Å². The van der Waals surface area contributed by atoms with Crippen LogP contribution in [0.5, 0.6) is 0 Å². The van der Waals surface area contributed by atoms with Gasteiger partial charge in [0, 0.05) is 13.6 Å². The van der Waals surface area contributed by atoms with E-state index in [1.807, 2.05) is 0 Å². The number of rotatable bonds is 2. The molecule has 18 heavy (non-hydrogen) atoms. The van der Waals surface area contributed by atoms with E-state index >= 15 is 0 Å². The zero-order chi connectivity index (χ0) is 13.9. The van der Waals surface area contributed by atoms with E-state index in [4.69, 9.17) is 4.74 Å². The normalized spacial score (nSPS) is 11.2. The van der Waals surface area contributed by atoms with E-state index in [1.54, 1.807) is 11.9 Å². The predicted molar refractivity (Wildman–Crippen MR) is 73.8 cm³/mol. The second-order valence-corrected chi connectivity index (χ2v) is 5.72. The van der Waals surface area contributed by atoms with Gasteiger partial charge in [-0.2, -0.15) is 0 Å². The first kappa shape index (κ1) is 14.6. The van der Waals surface area contributed by atoms with E-state index in [0.29, 0.717) is 6.54 Å². The highest BCUT2D eigenvalue weighted by Gasteiger charge is 2.16. The summed E-state index contributed by atoms with van der Waals surface area (Å²) in [6, 6.07) is 6.44. The third-order valence-corrected chi connectivity index (χ3v) is 3.11. The maximum atomic E-state index is 11.4. The fourth-order valence-corrected chi connectivity index (χ4v) is 1.78. The van der Waals surface area contributed by atoms with Crippen molar-refractivity contribution in [2.75, 3.05) is 14.2 Å². The molecule has 0 bridgehead atoms. The molecule has 100 valence electrons. The quantitative estimate of drug-likeness (QED) is 0.803. The lowest BCUT2D eigenvalue weighted by Crippen LogP contribution is -2.26. The number of carbonyl (C=O) groups is 1. The summed E-state index contributed by atoms with van der Waals surface area (Å²) < 4.78 is 4.71. The fourth-order valence-electron chi connectivity index (χ4n) is 1.78. The van der Waals surface area contributed by atoms with Crippen molar-refractivity contribution in [1.82, 2.24) is 4.90 Å². The molecular formula is C15H23NO2. The van der Waals surface area contributed by atoms with Crippen molar-refractivity contribution in [3.8, 4) is 0 Å². The smallest absolute Gasteiger partial charge is 0.409 e. The van der Waals surface area contributed by atoms with E-state index in [9.17, 15) is 4.79 Å². The van der Waals surface area contributed by atoms with Gasteiger partial charge in [-0.25, -0.2) is 4.79 Å². The minimum absolute atomic E-state index is 0.117. The van der Waals surface area contributed by atoms with E-state index < -0.39 is 0 Å². The first-order chi connectivity index (χ1) is 8.25. The molecule has 1 amide bonds. The van der Waals surface area contributed by atoms with Crippen molar-refractivity contribution in [2.24, 2.45) is 0 Å². The minimum Gasteiger partial charge on any atom is -0.453 e. The van der Waals surface area contributed by atoms with Crippen LogP contribution in [0.3, 0.4) is 0 Å². The average Bonchev–Trinajstić information content (AvgIpc) is 2.29. The van der Waals surface area contributed by atoms with Crippen LogP contribution in [0, 0.1) is 6.92 Å². The van der Waals surface area contributed by atoms with Gasteiger partial charge in [0.05, 0.1) is 7.11 Å². The van der Waals surface area contributed by atoms with Crippen molar-refractivity contribution in [3.05, 3.63) is 34.9 Å². The molecule has 0 saturated heterocycles. The molecule has 0 fully saturated rings. The summed E-state index contributed by atoms with van der Waals surface area (Å²) in [6.07, 6.45) is -0.310. The fraction of sp³-hybridized carbons (Fsp3) is 0.533. The number of aryl methyl sites for hydroxylation is 1. The molecule has 0 spiro atoms. The lowest BCUT2D eigenvalue weighted by molar-refractivity contribution is 0.131. The lowest BCUT2D eigenvalue weighted by Gasteiger charge is -2.22. The molecule has 0 aliphatic rings. The van der Waals surface area contributed by atoms with Gasteiger partial charge in [-0.1, -0.05) is 39.0 Å². The molecule has 0 aliphatic carbocycles. The molecule has 1 aromatic carbocycles. The molecule has 0 atom stereocenters. The van der Waals surface area contributed by atoms with Gasteiger partial charge in [0.25, 0.3) is 0 Å². The number of hydrogen-bond donors (Lipinski definition) is 0. The summed E-state index contributed by atoms with van der Waals surface area (Å²) in [5.74, 6) is 0. The van der Waals surface area contributed by atoms with Crippen molar-refractivity contribution in [3.63, 3.8) is 0 Å². The maximum absolute atomic E-state index is 11.4. The third-order valence-electron chi connectivity index (χ3n) is 3.11. The van der Waals surface area contributed by atoms with Crippen molar-refractivity contribution < 1.29 is 9.53 Å². The van der Waals surface area contributed by atoms with Crippen molar-refractivity contribution >= 4 is 6.09 Å². The molecular weight excluding hydrogens is 226 g/mol. The third kappa shape index (κ3) is 3.49. The Balaban J connectivity index is 2.98. The zero-order valence-electron chi connectivity index (χ0n) is 12.2. The maximum Gasteiger partial charge on any atom is 0.409 e. The Bertz CT molecular complexity index is 433. The molecule has 0 radical (unpaired) electrons. The molecule has 1 aromatic rings. The van der Waals surface area contributed by atoms with Crippen LogP contribution in [-0.2, 0) is 16.7 Å². The first-order valence-electron chi connectivity index (χ1n) is 6.15. The molecule has 0 N–H and O–H groups in total. The SMILES string of the molecule is COC(=O)N(C)Cc1cc(C(C)(C)C)ccc1C. The summed E-state index contributed by atoms with van der Waals surface area (Å²) in [4.78, 5) is 13.0. The van der Waals surface area contributed by atoms with Gasteiger partial charge < -0.3 is 9.64 Å². The Morgan fingerprint density at radius 3 is 2.44 bits per heavy atom. The van der Waals surface area contributed by atoms with E-state index in [2.05, 4.69) is 45.9 Å². The van der Waals surface area contributed by atoms with Crippen LogP contribution in [-0.4, -0.2) is 25.2 Å². The van der Waals surface area contributed by atoms with E-state index in [1.165, 1.54) is 18.2 Å². The molecule has 3 nitrogen and oxygen atoms in total. The van der Waals surface area contributed by atoms with Crippen molar-refractivity contribution in [2.45, 2.75) is 39.7 Å². The summed E-state index contributed by atoms with van der Waals surface area (Å²) in [5.41, 5.74) is 3.75. The van der Waals surface area contributed by atoms with E-state index in [-0.39, 0.29) is 11.5 Å². The highest BCUT2D eigenvalue weighted by Crippen LogP contribution is 2.25. The Morgan fingerprint density at radius 2 is 1.94 bits per heavy atom. The van der Waals surface area contributed by atoms with Crippen molar-refractivity contribution in [1.29, 1.82) is 0 Å². The highest BCUT2D eigenvalue weighted by atomic mass is 16.5. The molecule has 0 unspecified atom stereocenters. The standard InChI is InChI=1S/C15H23NO2/c1-11-7-8-13(15(2,3)4)9-12(11)10-16(5)14(17)18-6/h7-9H,10H2,1-6H3. The summed E-state index contributed by atoms with van der Waals surface area (Å²) in [5, 5.41) is 0. The van der Waals surface area contributed by atoms with Crippen LogP contribution in [0.4, 0.5) is 4.79 Å². The van der Waals surface area contributed by atoms with Crippen LogP contribution < -0.4 is 0 Å². The first-order valence-corrected chi connectivity index (χ1v) is 6.15. The molecule has 0 saturated carbocycles. The Morgan fingerprint density at radius 1 is 1.33 bits per heavy atom. The Labute approximate surface area is 110 Å². The topological polar surface area (TPSA) is 29.5 Å². The van der Waals surface area contributed by atoms with Gasteiger partial charge in [0.1, 0.15) is 0 Å².